The predicted octanol–water partition coefficient (Wildman–Crippen LogP) is 3.40. The molecule has 0 fully saturated rings. The summed E-state index contributed by atoms with van der Waals surface area (Å²) in [6.07, 6.45) is 0.765. The van der Waals surface area contributed by atoms with E-state index in [1.165, 1.54) is 12.1 Å². The van der Waals surface area contributed by atoms with Crippen molar-refractivity contribution in [2.24, 2.45) is 11.0 Å². The number of hydrogen-bond donors (Lipinski definition) is 1. The normalized spacial score (nSPS) is 11.6. The van der Waals surface area contributed by atoms with Crippen LogP contribution in [0.4, 0.5) is 5.69 Å². The van der Waals surface area contributed by atoms with E-state index in [4.69, 9.17) is 11.6 Å². The fourth-order valence-electron chi connectivity index (χ4n) is 1.64. The van der Waals surface area contributed by atoms with Gasteiger partial charge in [-0.3, -0.25) is 14.9 Å². The van der Waals surface area contributed by atoms with E-state index in [0.29, 0.717) is 5.92 Å². The maximum absolute atomic E-state index is 11.8. The summed E-state index contributed by atoms with van der Waals surface area (Å²) in [5, 5.41) is 14.7. The van der Waals surface area contributed by atoms with Crippen molar-refractivity contribution in [2.45, 2.75) is 27.2 Å². The van der Waals surface area contributed by atoms with Crippen molar-refractivity contribution in [2.75, 3.05) is 0 Å². The highest BCUT2D eigenvalue weighted by Gasteiger charge is 2.16. The minimum Gasteiger partial charge on any atom is -0.267 e. The van der Waals surface area contributed by atoms with E-state index in [1.807, 2.05) is 20.8 Å². The summed E-state index contributed by atoms with van der Waals surface area (Å²) < 4.78 is 0. The SMILES string of the molecule is CC(CC(C)C)=NNC(=O)c1ccc(Cl)c([N+](=O)[O-])c1. The molecule has 6 nitrogen and oxygen atoms in total. The van der Waals surface area contributed by atoms with E-state index in [1.54, 1.807) is 0 Å². The van der Waals surface area contributed by atoms with E-state index >= 15 is 0 Å². The van der Waals surface area contributed by atoms with Gasteiger partial charge in [-0.15, -0.1) is 0 Å². The Bertz CT molecular complexity index is 556. The second kappa shape index (κ2) is 7.00. The zero-order chi connectivity index (χ0) is 15.3. The first kappa shape index (κ1) is 16.1. The summed E-state index contributed by atoms with van der Waals surface area (Å²) in [6.45, 7) is 5.90. The highest BCUT2D eigenvalue weighted by atomic mass is 35.5. The number of hydrogen-bond acceptors (Lipinski definition) is 4. The van der Waals surface area contributed by atoms with Gasteiger partial charge in [0.05, 0.1) is 4.92 Å². The van der Waals surface area contributed by atoms with E-state index in [9.17, 15) is 14.9 Å². The Balaban J connectivity index is 2.83. The molecule has 0 atom stereocenters. The van der Waals surface area contributed by atoms with Crippen LogP contribution in [0.15, 0.2) is 23.3 Å². The van der Waals surface area contributed by atoms with Crippen LogP contribution < -0.4 is 5.43 Å². The van der Waals surface area contributed by atoms with Crippen molar-refractivity contribution in [3.63, 3.8) is 0 Å². The van der Waals surface area contributed by atoms with Gasteiger partial charge in [-0.25, -0.2) is 5.43 Å². The average molecular weight is 298 g/mol. The fourth-order valence-corrected chi connectivity index (χ4v) is 1.83. The van der Waals surface area contributed by atoms with Crippen LogP contribution in [0, 0.1) is 16.0 Å². The third-order valence-corrected chi connectivity index (χ3v) is 2.78. The minimum absolute atomic E-state index is 0.00830. The van der Waals surface area contributed by atoms with Crippen LogP contribution in [0.3, 0.4) is 0 Å². The van der Waals surface area contributed by atoms with Crippen LogP contribution in [0.25, 0.3) is 0 Å². The molecule has 0 heterocycles. The lowest BCUT2D eigenvalue weighted by molar-refractivity contribution is -0.384. The zero-order valence-corrected chi connectivity index (χ0v) is 12.3. The second-order valence-corrected chi connectivity index (χ2v) is 5.22. The fraction of sp³-hybridized carbons (Fsp3) is 0.385. The van der Waals surface area contributed by atoms with Crippen molar-refractivity contribution < 1.29 is 9.72 Å². The number of nitrogens with one attached hydrogen (secondary N) is 1. The monoisotopic (exact) mass is 297 g/mol. The van der Waals surface area contributed by atoms with Crippen molar-refractivity contribution >= 4 is 28.9 Å². The molecule has 20 heavy (non-hydrogen) atoms. The standard InChI is InChI=1S/C13H16ClN3O3/c1-8(2)6-9(3)15-16-13(18)10-4-5-11(14)12(7-10)17(19)20/h4-5,7-8H,6H2,1-3H3,(H,16,18). The summed E-state index contributed by atoms with van der Waals surface area (Å²) in [7, 11) is 0. The van der Waals surface area contributed by atoms with Crippen molar-refractivity contribution in [1.82, 2.24) is 5.43 Å². The number of nitrogens with zero attached hydrogens (tertiary/aromatic N) is 2. The van der Waals surface area contributed by atoms with Crippen LogP contribution in [-0.2, 0) is 0 Å². The van der Waals surface area contributed by atoms with Crippen molar-refractivity contribution in [3.8, 4) is 0 Å². The van der Waals surface area contributed by atoms with Crippen molar-refractivity contribution in [1.29, 1.82) is 0 Å². The Kier molecular flexibility index (Phi) is 5.64. The Morgan fingerprint density at radius 2 is 2.15 bits per heavy atom. The highest BCUT2D eigenvalue weighted by molar-refractivity contribution is 6.32. The van der Waals surface area contributed by atoms with E-state index in [-0.39, 0.29) is 16.3 Å². The van der Waals surface area contributed by atoms with E-state index in [0.717, 1.165) is 18.2 Å². The van der Waals surface area contributed by atoms with Gasteiger partial charge in [-0.2, -0.15) is 5.10 Å². The Morgan fingerprint density at radius 1 is 1.50 bits per heavy atom. The molecule has 0 radical (unpaired) electrons. The summed E-state index contributed by atoms with van der Waals surface area (Å²) in [4.78, 5) is 22.0. The van der Waals surface area contributed by atoms with Crippen LogP contribution in [0.2, 0.25) is 5.02 Å². The molecule has 0 saturated heterocycles. The third kappa shape index (κ3) is 4.62. The number of halogens is 1. The third-order valence-electron chi connectivity index (χ3n) is 2.46. The molecule has 1 aromatic carbocycles. The van der Waals surface area contributed by atoms with Gasteiger partial charge < -0.3 is 0 Å². The van der Waals surface area contributed by atoms with Crippen LogP contribution in [-0.4, -0.2) is 16.5 Å². The zero-order valence-electron chi connectivity index (χ0n) is 11.5. The summed E-state index contributed by atoms with van der Waals surface area (Å²) in [6, 6.07) is 3.86. The quantitative estimate of drug-likeness (QED) is 0.513. The molecule has 0 aliphatic carbocycles. The van der Waals surface area contributed by atoms with Crippen LogP contribution in [0.5, 0.6) is 0 Å². The molecule has 0 unspecified atom stereocenters. The summed E-state index contributed by atoms with van der Waals surface area (Å²) >= 11 is 5.68. The van der Waals surface area contributed by atoms with Gasteiger partial charge >= 0.3 is 0 Å². The lowest BCUT2D eigenvalue weighted by Gasteiger charge is -2.05. The number of hydrazone groups is 1. The molecular formula is C13H16ClN3O3. The topological polar surface area (TPSA) is 84.6 Å². The molecule has 7 heteroatoms. The molecule has 0 spiro atoms. The van der Waals surface area contributed by atoms with Gasteiger partial charge in [0.1, 0.15) is 5.02 Å². The number of benzene rings is 1. The average Bonchev–Trinajstić information content (AvgIpc) is 2.35. The number of carbonyl (C=O) groups excluding carboxylic acids is 1. The lowest BCUT2D eigenvalue weighted by Crippen LogP contribution is -2.19. The number of nitro groups is 1. The molecule has 0 aliphatic heterocycles. The molecule has 1 rings (SSSR count). The first-order valence-corrected chi connectivity index (χ1v) is 6.46. The Labute approximate surface area is 122 Å². The first-order valence-electron chi connectivity index (χ1n) is 6.08. The van der Waals surface area contributed by atoms with Gasteiger partial charge in [0.25, 0.3) is 11.6 Å². The molecular weight excluding hydrogens is 282 g/mol. The van der Waals surface area contributed by atoms with Gasteiger partial charge in [-0.1, -0.05) is 25.4 Å². The maximum atomic E-state index is 11.8. The number of carbonyl (C=O) groups is 1. The van der Waals surface area contributed by atoms with Gasteiger partial charge in [0.15, 0.2) is 0 Å². The number of amides is 1. The highest BCUT2D eigenvalue weighted by Crippen LogP contribution is 2.24. The first-order chi connectivity index (χ1) is 9.31. The summed E-state index contributed by atoms with van der Waals surface area (Å²) in [5.74, 6) is -0.0693. The van der Waals surface area contributed by atoms with Crippen molar-refractivity contribution in [3.05, 3.63) is 38.9 Å². The molecule has 0 saturated carbocycles. The largest absolute Gasteiger partial charge is 0.288 e. The van der Waals surface area contributed by atoms with E-state index in [2.05, 4.69) is 10.5 Å². The van der Waals surface area contributed by atoms with E-state index < -0.39 is 10.8 Å². The van der Waals surface area contributed by atoms with Crippen LogP contribution in [0.1, 0.15) is 37.6 Å². The van der Waals surface area contributed by atoms with Crippen LogP contribution >= 0.6 is 11.6 Å². The predicted molar refractivity (Wildman–Crippen MR) is 78.1 cm³/mol. The molecule has 108 valence electrons. The Hall–Kier alpha value is -1.95. The molecule has 0 aliphatic rings. The second-order valence-electron chi connectivity index (χ2n) is 4.81. The van der Waals surface area contributed by atoms with Gasteiger partial charge in [0, 0.05) is 17.3 Å². The lowest BCUT2D eigenvalue weighted by atomic mass is 10.1. The number of rotatable bonds is 5. The molecule has 0 aromatic heterocycles. The van der Waals surface area contributed by atoms with Gasteiger partial charge in [0.2, 0.25) is 0 Å². The smallest absolute Gasteiger partial charge is 0.267 e. The molecule has 1 aromatic rings. The molecule has 1 N–H and O–H groups in total. The summed E-state index contributed by atoms with van der Waals surface area (Å²) in [5.41, 5.74) is 3.00. The Morgan fingerprint density at radius 3 is 2.70 bits per heavy atom. The minimum atomic E-state index is -0.633. The maximum Gasteiger partial charge on any atom is 0.288 e. The molecule has 1 amide bonds. The molecule has 0 bridgehead atoms. The van der Waals surface area contributed by atoms with Gasteiger partial charge in [-0.05, 0) is 31.4 Å². The number of nitro benzene ring substituents is 1.